The number of rotatable bonds is 4. The number of aromatic nitrogens is 2. The second-order valence-corrected chi connectivity index (χ2v) is 7.06. The summed E-state index contributed by atoms with van der Waals surface area (Å²) in [6.45, 7) is 6.72. The van der Waals surface area contributed by atoms with Crippen molar-refractivity contribution in [3.8, 4) is 0 Å². The Balaban J connectivity index is 1.61. The third-order valence-corrected chi connectivity index (χ3v) is 5.21. The van der Waals surface area contributed by atoms with Crippen LogP contribution in [0, 0.1) is 18.8 Å². The summed E-state index contributed by atoms with van der Waals surface area (Å²) in [5, 5.41) is 16.6. The van der Waals surface area contributed by atoms with Gasteiger partial charge >= 0.3 is 0 Å². The second-order valence-electron chi connectivity index (χ2n) is 7.06. The summed E-state index contributed by atoms with van der Waals surface area (Å²) >= 11 is 0. The van der Waals surface area contributed by atoms with E-state index in [2.05, 4.69) is 15.1 Å². The summed E-state index contributed by atoms with van der Waals surface area (Å²) < 4.78 is 0. The maximum Gasteiger partial charge on any atom is 0.274 e. The smallest absolute Gasteiger partial charge is 0.274 e. The number of aliphatic hydroxyl groups excluding tert-OH is 1. The Labute approximate surface area is 137 Å². The number of hydrogen-bond donors (Lipinski definition) is 2. The van der Waals surface area contributed by atoms with Crippen molar-refractivity contribution in [1.82, 2.24) is 20.0 Å². The van der Waals surface area contributed by atoms with E-state index in [1.54, 1.807) is 6.07 Å². The van der Waals surface area contributed by atoms with E-state index in [1.807, 2.05) is 11.8 Å². The number of carbonyl (C=O) groups excluding carboxylic acids is 1. The Kier molecular flexibility index (Phi) is 5.33. The highest BCUT2D eigenvalue weighted by molar-refractivity contribution is 5.92. The molecule has 2 N–H and O–H groups in total. The van der Waals surface area contributed by atoms with Gasteiger partial charge in [0.25, 0.3) is 5.91 Å². The molecule has 0 aliphatic carbocycles. The van der Waals surface area contributed by atoms with Gasteiger partial charge in [0.15, 0.2) is 0 Å². The molecule has 2 saturated heterocycles. The monoisotopic (exact) mass is 320 g/mol. The molecule has 23 heavy (non-hydrogen) atoms. The molecule has 2 aliphatic heterocycles. The van der Waals surface area contributed by atoms with Crippen LogP contribution in [-0.2, 0) is 0 Å². The van der Waals surface area contributed by atoms with Crippen molar-refractivity contribution >= 4 is 5.91 Å². The fraction of sp³-hybridized carbons (Fsp3) is 0.765. The van der Waals surface area contributed by atoms with E-state index < -0.39 is 0 Å². The fourth-order valence-electron chi connectivity index (χ4n) is 3.86. The van der Waals surface area contributed by atoms with Gasteiger partial charge in [0.1, 0.15) is 5.69 Å². The molecule has 0 unspecified atom stereocenters. The van der Waals surface area contributed by atoms with Gasteiger partial charge in [-0.05, 0) is 44.8 Å². The van der Waals surface area contributed by atoms with E-state index in [0.717, 1.165) is 31.9 Å². The normalized spacial score (nSPS) is 26.4. The minimum atomic E-state index is -0.0221. The minimum Gasteiger partial charge on any atom is -0.396 e. The first-order chi connectivity index (χ1) is 11.2. The van der Waals surface area contributed by atoms with Crippen molar-refractivity contribution in [2.24, 2.45) is 11.8 Å². The first-order valence-corrected chi connectivity index (χ1v) is 8.82. The van der Waals surface area contributed by atoms with Gasteiger partial charge in [-0.1, -0.05) is 12.8 Å². The Hall–Kier alpha value is -1.40. The summed E-state index contributed by atoms with van der Waals surface area (Å²) in [5.74, 6) is 0.524. The molecule has 0 saturated carbocycles. The van der Waals surface area contributed by atoms with Crippen LogP contribution in [0.1, 0.15) is 41.9 Å². The molecule has 6 heteroatoms. The average Bonchev–Trinajstić information content (AvgIpc) is 3.06. The molecule has 128 valence electrons. The van der Waals surface area contributed by atoms with Gasteiger partial charge in [-0.15, -0.1) is 0 Å². The molecular weight excluding hydrogens is 292 g/mol. The largest absolute Gasteiger partial charge is 0.396 e. The van der Waals surface area contributed by atoms with Crippen molar-refractivity contribution in [3.05, 3.63) is 17.5 Å². The van der Waals surface area contributed by atoms with Crippen molar-refractivity contribution in [3.63, 3.8) is 0 Å². The van der Waals surface area contributed by atoms with Crippen molar-refractivity contribution < 1.29 is 9.90 Å². The molecule has 0 radical (unpaired) electrons. The maximum atomic E-state index is 12.6. The lowest BCUT2D eigenvalue weighted by atomic mass is 9.96. The minimum absolute atomic E-state index is 0.0221. The van der Waals surface area contributed by atoms with Gasteiger partial charge < -0.3 is 14.9 Å². The lowest BCUT2D eigenvalue weighted by Crippen LogP contribution is -2.35. The first kappa shape index (κ1) is 16.5. The van der Waals surface area contributed by atoms with Crippen LogP contribution in [0.5, 0.6) is 0 Å². The number of likely N-dealkylation sites (tertiary alicyclic amines) is 2. The molecule has 1 aromatic heterocycles. The molecule has 3 rings (SSSR count). The Bertz CT molecular complexity index is 522. The van der Waals surface area contributed by atoms with Crippen LogP contribution in [0.3, 0.4) is 0 Å². The van der Waals surface area contributed by atoms with E-state index in [4.69, 9.17) is 0 Å². The number of H-pyrrole nitrogens is 1. The predicted molar refractivity (Wildman–Crippen MR) is 88.2 cm³/mol. The highest BCUT2D eigenvalue weighted by atomic mass is 16.3. The number of nitrogens with one attached hydrogen (secondary N) is 1. The van der Waals surface area contributed by atoms with Crippen LogP contribution in [0.15, 0.2) is 6.07 Å². The Morgan fingerprint density at radius 3 is 2.57 bits per heavy atom. The number of nitrogens with zero attached hydrogens (tertiary/aromatic N) is 3. The molecule has 2 fully saturated rings. The van der Waals surface area contributed by atoms with Gasteiger partial charge in [0.2, 0.25) is 0 Å². The molecule has 0 spiro atoms. The predicted octanol–water partition coefficient (Wildman–Crippen LogP) is 1.27. The number of aryl methyl sites for hydroxylation is 1. The number of aromatic amines is 1. The third kappa shape index (κ3) is 3.93. The van der Waals surface area contributed by atoms with E-state index in [-0.39, 0.29) is 18.4 Å². The number of aliphatic hydroxyl groups is 1. The zero-order valence-electron chi connectivity index (χ0n) is 14.0. The molecule has 2 aliphatic rings. The summed E-state index contributed by atoms with van der Waals surface area (Å²) in [7, 11) is 0. The SMILES string of the molecule is Cc1cc(C(=O)N2C[C@@H](CN3CCCCCC3)[C@@H](CO)C2)n[nH]1. The summed E-state index contributed by atoms with van der Waals surface area (Å²) in [4.78, 5) is 16.9. The van der Waals surface area contributed by atoms with E-state index in [0.29, 0.717) is 18.2 Å². The van der Waals surface area contributed by atoms with E-state index in [1.165, 1.54) is 25.7 Å². The third-order valence-electron chi connectivity index (χ3n) is 5.21. The van der Waals surface area contributed by atoms with Crippen molar-refractivity contribution in [1.29, 1.82) is 0 Å². The van der Waals surface area contributed by atoms with Gasteiger partial charge in [-0.25, -0.2) is 0 Å². The van der Waals surface area contributed by atoms with Gasteiger partial charge in [-0.2, -0.15) is 5.10 Å². The molecule has 2 atom stereocenters. The molecular formula is C17H28N4O2. The summed E-state index contributed by atoms with van der Waals surface area (Å²) in [5.41, 5.74) is 1.38. The quantitative estimate of drug-likeness (QED) is 0.876. The average molecular weight is 320 g/mol. The van der Waals surface area contributed by atoms with Crippen LogP contribution in [0.4, 0.5) is 0 Å². The van der Waals surface area contributed by atoms with Gasteiger partial charge in [0, 0.05) is 37.9 Å². The van der Waals surface area contributed by atoms with Crippen LogP contribution < -0.4 is 0 Å². The second kappa shape index (κ2) is 7.45. The molecule has 1 aromatic rings. The maximum absolute atomic E-state index is 12.6. The zero-order valence-corrected chi connectivity index (χ0v) is 14.0. The first-order valence-electron chi connectivity index (χ1n) is 8.82. The molecule has 6 nitrogen and oxygen atoms in total. The van der Waals surface area contributed by atoms with Crippen LogP contribution >= 0.6 is 0 Å². The van der Waals surface area contributed by atoms with E-state index in [9.17, 15) is 9.90 Å². The lowest BCUT2D eigenvalue weighted by molar-refractivity contribution is 0.0773. The Morgan fingerprint density at radius 2 is 1.96 bits per heavy atom. The Morgan fingerprint density at radius 1 is 1.26 bits per heavy atom. The van der Waals surface area contributed by atoms with Crippen LogP contribution in [0.2, 0.25) is 0 Å². The summed E-state index contributed by atoms with van der Waals surface area (Å²) in [6.07, 6.45) is 5.19. The van der Waals surface area contributed by atoms with Crippen LogP contribution in [-0.4, -0.2) is 70.3 Å². The summed E-state index contributed by atoms with van der Waals surface area (Å²) in [6, 6.07) is 1.79. The van der Waals surface area contributed by atoms with Crippen molar-refractivity contribution in [2.75, 3.05) is 39.3 Å². The van der Waals surface area contributed by atoms with Gasteiger partial charge in [0.05, 0.1) is 0 Å². The van der Waals surface area contributed by atoms with Gasteiger partial charge in [-0.3, -0.25) is 9.89 Å². The number of amides is 1. The molecule has 0 bridgehead atoms. The van der Waals surface area contributed by atoms with Crippen LogP contribution in [0.25, 0.3) is 0 Å². The molecule has 0 aromatic carbocycles. The highest BCUT2D eigenvalue weighted by Crippen LogP contribution is 2.26. The lowest BCUT2D eigenvalue weighted by Gasteiger charge is -2.26. The number of carbonyl (C=O) groups is 1. The van der Waals surface area contributed by atoms with E-state index >= 15 is 0 Å². The highest BCUT2D eigenvalue weighted by Gasteiger charge is 2.36. The van der Waals surface area contributed by atoms with Crippen molar-refractivity contribution in [2.45, 2.75) is 32.6 Å². The molecule has 3 heterocycles. The fourth-order valence-corrected chi connectivity index (χ4v) is 3.86. The topological polar surface area (TPSA) is 72.5 Å². The number of hydrogen-bond acceptors (Lipinski definition) is 4. The molecule has 1 amide bonds. The standard InChI is InChI=1S/C17H28N4O2/c1-13-8-16(19-18-13)17(23)21-10-14(15(11-21)12-22)9-20-6-4-2-3-5-7-20/h8,14-15,22H,2-7,9-12H2,1H3,(H,18,19)/t14-,15-/m1/s1. The zero-order chi connectivity index (χ0) is 16.2.